The summed E-state index contributed by atoms with van der Waals surface area (Å²) in [5.41, 5.74) is 2.29. The highest BCUT2D eigenvalue weighted by Crippen LogP contribution is 2.21. The maximum atomic E-state index is 12.3. The van der Waals surface area contributed by atoms with Crippen LogP contribution in [0.15, 0.2) is 79.0 Å². The molecule has 1 heterocycles. The minimum absolute atomic E-state index is 0.0767. The molecule has 0 unspecified atom stereocenters. The van der Waals surface area contributed by atoms with E-state index in [9.17, 15) is 4.79 Å². The molecule has 0 radical (unpaired) electrons. The number of hydrogen-bond acceptors (Lipinski definition) is 4. The van der Waals surface area contributed by atoms with Crippen LogP contribution >= 0.6 is 0 Å². The molecule has 0 aliphatic rings. The second kappa shape index (κ2) is 8.62. The summed E-state index contributed by atoms with van der Waals surface area (Å²) in [7, 11) is 1.60. The lowest BCUT2D eigenvalue weighted by Gasteiger charge is -2.08. The molecule has 0 aliphatic carbocycles. The van der Waals surface area contributed by atoms with E-state index in [0.717, 1.165) is 17.0 Å². The van der Waals surface area contributed by atoms with Crippen molar-refractivity contribution in [1.82, 2.24) is 4.98 Å². The van der Waals surface area contributed by atoms with E-state index in [1.165, 1.54) is 0 Å². The average molecular weight is 345 g/mol. The first-order chi connectivity index (χ1) is 12.8. The Bertz CT molecular complexity index is 887. The van der Waals surface area contributed by atoms with E-state index in [4.69, 9.17) is 9.47 Å². The second-order valence-corrected chi connectivity index (χ2v) is 5.57. The summed E-state index contributed by atoms with van der Waals surface area (Å²) < 4.78 is 11.0. The maximum Gasteiger partial charge on any atom is 0.185 e. The lowest BCUT2D eigenvalue weighted by molar-refractivity contribution is 0.104. The van der Waals surface area contributed by atoms with Crippen LogP contribution in [-0.4, -0.2) is 17.9 Å². The molecule has 4 nitrogen and oxygen atoms in total. The van der Waals surface area contributed by atoms with E-state index >= 15 is 0 Å². The average Bonchev–Trinajstić information content (AvgIpc) is 2.72. The van der Waals surface area contributed by atoms with Crippen LogP contribution in [0.4, 0.5) is 0 Å². The first kappa shape index (κ1) is 17.4. The molecule has 3 aromatic rings. The van der Waals surface area contributed by atoms with E-state index in [1.54, 1.807) is 49.7 Å². The van der Waals surface area contributed by atoms with E-state index in [1.807, 2.05) is 42.5 Å². The molecule has 0 amide bonds. The number of nitrogens with zero attached hydrogens (tertiary/aromatic N) is 1. The van der Waals surface area contributed by atoms with Crippen molar-refractivity contribution in [3.05, 3.63) is 95.8 Å². The van der Waals surface area contributed by atoms with E-state index in [-0.39, 0.29) is 5.78 Å². The van der Waals surface area contributed by atoms with Crippen molar-refractivity contribution in [1.29, 1.82) is 0 Å². The smallest absolute Gasteiger partial charge is 0.185 e. The maximum absolute atomic E-state index is 12.3. The molecule has 130 valence electrons. The standard InChI is InChI=1S/C22H19NO3/c1-25-20-12-9-17(10-13-20)21(24)14-11-18-6-2-3-8-22(18)26-16-19-7-4-5-15-23-19/h2-15H,16H2,1H3/b14-11+. The number of hydrogen-bond donors (Lipinski definition) is 0. The molecule has 0 aliphatic heterocycles. The summed E-state index contributed by atoms with van der Waals surface area (Å²) in [4.78, 5) is 16.6. The van der Waals surface area contributed by atoms with Gasteiger partial charge in [0.2, 0.25) is 0 Å². The first-order valence-corrected chi connectivity index (χ1v) is 8.24. The quantitative estimate of drug-likeness (QED) is 0.465. The van der Waals surface area contributed by atoms with E-state index in [2.05, 4.69) is 4.98 Å². The Balaban J connectivity index is 1.70. The van der Waals surface area contributed by atoms with Gasteiger partial charge in [-0.15, -0.1) is 0 Å². The van der Waals surface area contributed by atoms with Gasteiger partial charge in [0.25, 0.3) is 0 Å². The number of carbonyl (C=O) groups excluding carboxylic acids is 1. The fourth-order valence-electron chi connectivity index (χ4n) is 2.40. The molecular formula is C22H19NO3. The summed E-state index contributed by atoms with van der Waals surface area (Å²) in [5, 5.41) is 0. The van der Waals surface area contributed by atoms with Crippen LogP contribution in [0, 0.1) is 0 Å². The SMILES string of the molecule is COc1ccc(C(=O)/C=C/c2ccccc2OCc2ccccn2)cc1. The second-order valence-electron chi connectivity index (χ2n) is 5.57. The molecule has 2 aromatic carbocycles. The molecule has 0 saturated heterocycles. The Hall–Kier alpha value is -3.40. The number of methoxy groups -OCH3 is 1. The van der Waals surface area contributed by atoms with Crippen molar-refractivity contribution in [3.63, 3.8) is 0 Å². The van der Waals surface area contributed by atoms with Gasteiger partial charge in [-0.1, -0.05) is 24.3 Å². The van der Waals surface area contributed by atoms with E-state index in [0.29, 0.717) is 17.9 Å². The molecule has 0 atom stereocenters. The van der Waals surface area contributed by atoms with Gasteiger partial charge in [0.05, 0.1) is 12.8 Å². The van der Waals surface area contributed by atoms with Gasteiger partial charge < -0.3 is 9.47 Å². The van der Waals surface area contributed by atoms with Crippen LogP contribution in [-0.2, 0) is 6.61 Å². The third kappa shape index (κ3) is 4.57. The number of para-hydroxylation sites is 1. The van der Waals surface area contributed by atoms with Gasteiger partial charge in [-0.3, -0.25) is 9.78 Å². The molecule has 0 spiro atoms. The molecular weight excluding hydrogens is 326 g/mol. The van der Waals surface area contributed by atoms with Gasteiger partial charge in [-0.2, -0.15) is 0 Å². The third-order valence-corrected chi connectivity index (χ3v) is 3.81. The minimum atomic E-state index is -0.0767. The Morgan fingerprint density at radius 2 is 1.77 bits per heavy atom. The lowest BCUT2D eigenvalue weighted by atomic mass is 10.1. The Labute approximate surface area is 152 Å². The first-order valence-electron chi connectivity index (χ1n) is 8.24. The molecule has 0 saturated carbocycles. The third-order valence-electron chi connectivity index (χ3n) is 3.81. The van der Waals surface area contributed by atoms with E-state index < -0.39 is 0 Å². The Kier molecular flexibility index (Phi) is 5.78. The van der Waals surface area contributed by atoms with Crippen LogP contribution < -0.4 is 9.47 Å². The number of carbonyl (C=O) groups is 1. The normalized spacial score (nSPS) is 10.7. The number of aromatic nitrogens is 1. The highest BCUT2D eigenvalue weighted by atomic mass is 16.5. The Morgan fingerprint density at radius 3 is 2.50 bits per heavy atom. The molecule has 0 N–H and O–H groups in total. The molecule has 4 heteroatoms. The number of ether oxygens (including phenoxy) is 2. The fraction of sp³-hybridized carbons (Fsp3) is 0.0909. The van der Waals surface area contributed by atoms with Gasteiger partial charge in [-0.25, -0.2) is 0 Å². The molecule has 0 fully saturated rings. The predicted molar refractivity (Wildman–Crippen MR) is 101 cm³/mol. The summed E-state index contributed by atoms with van der Waals surface area (Å²) in [6.07, 6.45) is 5.04. The van der Waals surface area contributed by atoms with Gasteiger partial charge >= 0.3 is 0 Å². The van der Waals surface area contributed by atoms with Crippen LogP contribution in [0.1, 0.15) is 21.6 Å². The lowest BCUT2D eigenvalue weighted by Crippen LogP contribution is -1.99. The van der Waals surface area contributed by atoms with Crippen molar-refractivity contribution in [2.75, 3.05) is 7.11 Å². The largest absolute Gasteiger partial charge is 0.497 e. The van der Waals surface area contributed by atoms with Crippen molar-refractivity contribution in [2.45, 2.75) is 6.61 Å². The van der Waals surface area contributed by atoms with Gasteiger partial charge in [0.1, 0.15) is 18.1 Å². The number of ketones is 1. The van der Waals surface area contributed by atoms with Crippen molar-refractivity contribution >= 4 is 11.9 Å². The van der Waals surface area contributed by atoms with Gasteiger partial charge in [-0.05, 0) is 54.6 Å². The highest BCUT2D eigenvalue weighted by Gasteiger charge is 2.04. The summed E-state index contributed by atoms with van der Waals surface area (Å²) in [5.74, 6) is 1.35. The van der Waals surface area contributed by atoms with Crippen molar-refractivity contribution in [2.24, 2.45) is 0 Å². The van der Waals surface area contributed by atoms with Crippen LogP contribution in [0.3, 0.4) is 0 Å². The summed E-state index contributed by atoms with van der Waals surface area (Å²) >= 11 is 0. The number of benzene rings is 2. The zero-order valence-electron chi connectivity index (χ0n) is 14.5. The van der Waals surface area contributed by atoms with Gasteiger partial charge in [0.15, 0.2) is 5.78 Å². The molecule has 1 aromatic heterocycles. The van der Waals surface area contributed by atoms with Crippen LogP contribution in [0.5, 0.6) is 11.5 Å². The number of allylic oxidation sites excluding steroid dienone is 1. The predicted octanol–water partition coefficient (Wildman–Crippen LogP) is 4.57. The topological polar surface area (TPSA) is 48.4 Å². The zero-order valence-corrected chi connectivity index (χ0v) is 14.5. The number of rotatable bonds is 7. The van der Waals surface area contributed by atoms with Gasteiger partial charge in [0, 0.05) is 17.3 Å². The highest BCUT2D eigenvalue weighted by molar-refractivity contribution is 6.07. The van der Waals surface area contributed by atoms with Crippen LogP contribution in [0.25, 0.3) is 6.08 Å². The summed E-state index contributed by atoms with van der Waals surface area (Å²) in [6, 6.07) is 20.3. The van der Waals surface area contributed by atoms with Crippen molar-refractivity contribution < 1.29 is 14.3 Å². The van der Waals surface area contributed by atoms with Crippen molar-refractivity contribution in [3.8, 4) is 11.5 Å². The fourth-order valence-corrected chi connectivity index (χ4v) is 2.40. The number of pyridine rings is 1. The molecule has 26 heavy (non-hydrogen) atoms. The Morgan fingerprint density at radius 1 is 1.00 bits per heavy atom. The monoisotopic (exact) mass is 345 g/mol. The van der Waals surface area contributed by atoms with Crippen LogP contribution in [0.2, 0.25) is 0 Å². The minimum Gasteiger partial charge on any atom is -0.497 e. The molecule has 3 rings (SSSR count). The molecule has 0 bridgehead atoms. The zero-order chi connectivity index (χ0) is 18.2. The summed E-state index contributed by atoms with van der Waals surface area (Å²) in [6.45, 7) is 0.373.